The first-order valence-electron chi connectivity index (χ1n) is 4.59. The summed E-state index contributed by atoms with van der Waals surface area (Å²) < 4.78 is 4.69. The van der Waals surface area contributed by atoms with E-state index in [0.717, 1.165) is 0 Å². The van der Waals surface area contributed by atoms with Crippen LogP contribution in [0.25, 0.3) is 0 Å². The topological polar surface area (TPSA) is 76.7 Å². The van der Waals surface area contributed by atoms with Crippen molar-refractivity contribution in [2.75, 3.05) is 13.2 Å². The van der Waals surface area contributed by atoms with Crippen molar-refractivity contribution in [2.24, 2.45) is 10.7 Å². The van der Waals surface area contributed by atoms with E-state index in [2.05, 4.69) is 10.3 Å². The van der Waals surface area contributed by atoms with Crippen molar-refractivity contribution >= 4 is 11.9 Å². The fourth-order valence-corrected chi connectivity index (χ4v) is 0.780. The minimum absolute atomic E-state index is 0.0389. The first kappa shape index (κ1) is 12.7. The average molecular weight is 201 g/mol. The summed E-state index contributed by atoms with van der Waals surface area (Å²) in [5.41, 5.74) is 5.38. The lowest BCUT2D eigenvalue weighted by Crippen LogP contribution is -2.45. The van der Waals surface area contributed by atoms with Crippen molar-refractivity contribution < 1.29 is 9.53 Å². The van der Waals surface area contributed by atoms with Crippen molar-refractivity contribution in [3.8, 4) is 0 Å². The van der Waals surface area contributed by atoms with Crippen LogP contribution in [0.15, 0.2) is 4.99 Å². The predicted molar refractivity (Wildman–Crippen MR) is 56.0 cm³/mol. The Morgan fingerprint density at radius 3 is 2.50 bits per heavy atom. The first-order valence-corrected chi connectivity index (χ1v) is 4.59. The summed E-state index contributed by atoms with van der Waals surface area (Å²) in [6.07, 6.45) is 0. The third-order valence-corrected chi connectivity index (χ3v) is 1.19. The molecule has 0 saturated carbocycles. The molecule has 3 N–H and O–H groups in total. The van der Waals surface area contributed by atoms with E-state index in [0.29, 0.717) is 6.61 Å². The monoisotopic (exact) mass is 201 g/mol. The van der Waals surface area contributed by atoms with Gasteiger partial charge in [0, 0.05) is 5.54 Å². The molecule has 0 fully saturated rings. The number of aliphatic imine (C=N–C) groups is 1. The van der Waals surface area contributed by atoms with Gasteiger partial charge in [0.15, 0.2) is 5.96 Å². The molecule has 14 heavy (non-hydrogen) atoms. The van der Waals surface area contributed by atoms with Crippen LogP contribution in [-0.4, -0.2) is 30.6 Å². The lowest BCUT2D eigenvalue weighted by atomic mass is 10.1. The van der Waals surface area contributed by atoms with Crippen molar-refractivity contribution in [3.63, 3.8) is 0 Å². The summed E-state index contributed by atoms with van der Waals surface area (Å²) >= 11 is 0. The molecule has 0 aromatic rings. The third kappa shape index (κ3) is 7.39. The zero-order valence-corrected chi connectivity index (χ0v) is 9.26. The molecule has 5 heteroatoms. The number of nitrogens with two attached hydrogens (primary N) is 1. The number of esters is 1. The van der Waals surface area contributed by atoms with Gasteiger partial charge in [-0.15, -0.1) is 0 Å². The molecule has 0 spiro atoms. The summed E-state index contributed by atoms with van der Waals surface area (Å²) in [6.45, 7) is 7.95. The molecule has 82 valence electrons. The van der Waals surface area contributed by atoms with Crippen molar-refractivity contribution in [1.82, 2.24) is 5.32 Å². The number of carbonyl (C=O) groups is 1. The molecule has 0 radical (unpaired) electrons. The number of ether oxygens (including phenoxy) is 1. The van der Waals surface area contributed by atoms with E-state index in [4.69, 9.17) is 10.5 Å². The van der Waals surface area contributed by atoms with Crippen LogP contribution in [0, 0.1) is 0 Å². The maximum Gasteiger partial charge on any atom is 0.327 e. The molecule has 0 saturated heterocycles. The Balaban J connectivity index is 3.94. The van der Waals surface area contributed by atoms with Gasteiger partial charge in [-0.1, -0.05) is 0 Å². The molecule has 0 aliphatic rings. The Morgan fingerprint density at radius 2 is 2.07 bits per heavy atom. The summed E-state index contributed by atoms with van der Waals surface area (Å²) in [7, 11) is 0. The predicted octanol–water partition coefficient (Wildman–Crippen LogP) is 0.252. The zero-order chi connectivity index (χ0) is 11.2. The lowest BCUT2D eigenvalue weighted by molar-refractivity contribution is -0.141. The quantitative estimate of drug-likeness (QED) is 0.390. The van der Waals surface area contributed by atoms with Gasteiger partial charge in [0.25, 0.3) is 0 Å². The number of nitrogens with zero attached hydrogens (tertiary/aromatic N) is 1. The summed E-state index contributed by atoms with van der Waals surface area (Å²) in [4.78, 5) is 14.7. The number of nitrogens with one attached hydrogen (secondary N) is 1. The summed E-state index contributed by atoms with van der Waals surface area (Å²) in [5, 5.41) is 2.94. The van der Waals surface area contributed by atoms with Crippen LogP contribution in [0.2, 0.25) is 0 Å². The lowest BCUT2D eigenvalue weighted by Gasteiger charge is -2.20. The molecule has 0 unspecified atom stereocenters. The highest BCUT2D eigenvalue weighted by Gasteiger charge is 2.10. The zero-order valence-electron chi connectivity index (χ0n) is 9.26. The highest BCUT2D eigenvalue weighted by Crippen LogP contribution is 1.96. The highest BCUT2D eigenvalue weighted by atomic mass is 16.5. The fourth-order valence-electron chi connectivity index (χ4n) is 0.780. The number of carbonyl (C=O) groups excluding carboxylic acids is 1. The molecule has 0 heterocycles. The highest BCUT2D eigenvalue weighted by molar-refractivity contribution is 5.82. The molecule has 5 nitrogen and oxygen atoms in total. The van der Waals surface area contributed by atoms with Crippen LogP contribution in [-0.2, 0) is 9.53 Å². The summed E-state index contributed by atoms with van der Waals surface area (Å²) in [5.74, 6) is -0.114. The van der Waals surface area contributed by atoms with Gasteiger partial charge >= 0.3 is 5.97 Å². The second kappa shape index (κ2) is 5.47. The van der Waals surface area contributed by atoms with Crippen LogP contribution in [0.4, 0.5) is 0 Å². The van der Waals surface area contributed by atoms with E-state index in [1.54, 1.807) is 6.92 Å². The molecule has 0 amide bonds. The van der Waals surface area contributed by atoms with Crippen LogP contribution in [0.5, 0.6) is 0 Å². The second-order valence-corrected chi connectivity index (χ2v) is 3.88. The van der Waals surface area contributed by atoms with Crippen LogP contribution >= 0.6 is 0 Å². The molecular weight excluding hydrogens is 182 g/mol. The van der Waals surface area contributed by atoms with Gasteiger partial charge in [0.1, 0.15) is 6.54 Å². The largest absolute Gasteiger partial charge is 0.465 e. The average Bonchev–Trinajstić information content (AvgIpc) is 1.98. The smallest absolute Gasteiger partial charge is 0.327 e. The van der Waals surface area contributed by atoms with E-state index in [-0.39, 0.29) is 24.0 Å². The maximum absolute atomic E-state index is 10.9. The van der Waals surface area contributed by atoms with Gasteiger partial charge < -0.3 is 15.8 Å². The molecule has 0 aliphatic heterocycles. The van der Waals surface area contributed by atoms with Crippen LogP contribution < -0.4 is 11.1 Å². The number of hydrogen-bond donors (Lipinski definition) is 2. The molecule has 0 bridgehead atoms. The first-order chi connectivity index (χ1) is 6.35. The van der Waals surface area contributed by atoms with Gasteiger partial charge in [-0.25, -0.2) is 4.99 Å². The van der Waals surface area contributed by atoms with Crippen LogP contribution in [0.1, 0.15) is 27.7 Å². The van der Waals surface area contributed by atoms with Crippen molar-refractivity contribution in [1.29, 1.82) is 0 Å². The number of hydrogen-bond acceptors (Lipinski definition) is 3. The Labute approximate surface area is 84.7 Å². The Kier molecular flexibility index (Phi) is 4.97. The van der Waals surface area contributed by atoms with E-state index >= 15 is 0 Å². The molecule has 0 rings (SSSR count). The minimum atomic E-state index is -0.369. The minimum Gasteiger partial charge on any atom is -0.465 e. The van der Waals surface area contributed by atoms with E-state index in [1.165, 1.54) is 0 Å². The third-order valence-electron chi connectivity index (χ3n) is 1.19. The van der Waals surface area contributed by atoms with E-state index in [9.17, 15) is 4.79 Å². The van der Waals surface area contributed by atoms with Gasteiger partial charge in [-0.3, -0.25) is 4.79 Å². The Hall–Kier alpha value is -1.26. The van der Waals surface area contributed by atoms with Crippen LogP contribution in [0.3, 0.4) is 0 Å². The van der Waals surface area contributed by atoms with Crippen molar-refractivity contribution in [2.45, 2.75) is 33.2 Å². The standard InChI is InChI=1S/C9H19N3O2/c1-5-14-7(13)6-11-8(10)12-9(2,3)4/h5-6H2,1-4H3,(H3,10,11,12). The van der Waals surface area contributed by atoms with E-state index in [1.807, 2.05) is 20.8 Å². The van der Waals surface area contributed by atoms with E-state index < -0.39 is 0 Å². The molecule has 0 aliphatic carbocycles. The number of guanidine groups is 1. The molecule has 0 aromatic heterocycles. The maximum atomic E-state index is 10.9. The Morgan fingerprint density at radius 1 is 1.50 bits per heavy atom. The molecule has 0 atom stereocenters. The van der Waals surface area contributed by atoms with Gasteiger partial charge in [0.2, 0.25) is 0 Å². The normalized spacial score (nSPS) is 12.4. The SMILES string of the molecule is CCOC(=O)CN=C(N)NC(C)(C)C. The van der Waals surface area contributed by atoms with Gasteiger partial charge in [0.05, 0.1) is 6.61 Å². The number of rotatable bonds is 3. The van der Waals surface area contributed by atoms with Gasteiger partial charge in [-0.05, 0) is 27.7 Å². The van der Waals surface area contributed by atoms with Crippen molar-refractivity contribution in [3.05, 3.63) is 0 Å². The van der Waals surface area contributed by atoms with Gasteiger partial charge in [-0.2, -0.15) is 0 Å². The molecular formula is C9H19N3O2. The summed E-state index contributed by atoms with van der Waals surface area (Å²) in [6, 6.07) is 0. The fraction of sp³-hybridized carbons (Fsp3) is 0.778. The second-order valence-electron chi connectivity index (χ2n) is 3.88. The Bertz CT molecular complexity index is 219. The molecule has 0 aromatic carbocycles.